The molecule has 0 unspecified atom stereocenters. The first-order chi connectivity index (χ1) is 8.24. The van der Waals surface area contributed by atoms with Crippen molar-refractivity contribution in [1.82, 2.24) is 14.7 Å². The normalized spacial score (nSPS) is 12.6. The van der Waals surface area contributed by atoms with Gasteiger partial charge in [0.1, 0.15) is 5.65 Å². The van der Waals surface area contributed by atoms with Crippen molar-refractivity contribution in [2.75, 3.05) is 6.61 Å². The summed E-state index contributed by atoms with van der Waals surface area (Å²) in [6.45, 7) is 1.87. The average molecular weight is 233 g/mol. The Hall–Kier alpha value is -1.88. The highest BCUT2D eigenvalue weighted by atomic mass is 16.3. The number of hydrogen-bond donors (Lipinski definition) is 2. The highest BCUT2D eigenvalue weighted by Crippen LogP contribution is 2.05. The van der Waals surface area contributed by atoms with Gasteiger partial charge in [0.2, 0.25) is 0 Å². The lowest BCUT2D eigenvalue weighted by Crippen LogP contribution is -2.37. The Morgan fingerprint density at radius 1 is 1.59 bits per heavy atom. The summed E-state index contributed by atoms with van der Waals surface area (Å²) in [5.41, 5.74) is 1.36. The smallest absolute Gasteiger partial charge is 0.253 e. The van der Waals surface area contributed by atoms with Gasteiger partial charge in [-0.1, -0.05) is 6.92 Å². The summed E-state index contributed by atoms with van der Waals surface area (Å²) in [5.74, 6) is -0.179. The number of carbonyl (C=O) groups is 1. The molecule has 0 aliphatic carbocycles. The monoisotopic (exact) mass is 233 g/mol. The quantitative estimate of drug-likeness (QED) is 0.822. The molecular weight excluding hydrogens is 218 g/mol. The van der Waals surface area contributed by atoms with Crippen molar-refractivity contribution in [1.29, 1.82) is 0 Å². The molecule has 90 valence electrons. The topological polar surface area (TPSA) is 66.6 Å². The minimum absolute atomic E-state index is 0.0461. The Bertz CT molecular complexity index is 517. The van der Waals surface area contributed by atoms with Crippen LogP contribution >= 0.6 is 0 Å². The Labute approximate surface area is 99.1 Å². The van der Waals surface area contributed by atoms with Crippen molar-refractivity contribution in [3.05, 3.63) is 36.3 Å². The number of aliphatic hydroxyl groups excluding tert-OH is 1. The highest BCUT2D eigenvalue weighted by molar-refractivity contribution is 5.94. The molecule has 0 spiro atoms. The summed E-state index contributed by atoms with van der Waals surface area (Å²) in [6.07, 6.45) is 5.90. The van der Waals surface area contributed by atoms with E-state index in [1.807, 2.05) is 6.92 Å². The first-order valence-electron chi connectivity index (χ1n) is 5.59. The summed E-state index contributed by atoms with van der Waals surface area (Å²) >= 11 is 0. The van der Waals surface area contributed by atoms with Crippen molar-refractivity contribution in [3.63, 3.8) is 0 Å². The van der Waals surface area contributed by atoms with Crippen LogP contribution in [-0.2, 0) is 0 Å². The van der Waals surface area contributed by atoms with Crippen LogP contribution in [0.5, 0.6) is 0 Å². The standard InChI is InChI=1S/C12H15N3O2/c1-2-10(8-16)14-12(17)9-3-4-11-13-5-6-15(11)7-9/h3-7,10,16H,2,8H2,1H3,(H,14,17)/t10-/m0/s1. The Kier molecular flexibility index (Phi) is 3.39. The lowest BCUT2D eigenvalue weighted by Gasteiger charge is -2.13. The number of rotatable bonds is 4. The van der Waals surface area contributed by atoms with Crippen LogP contribution < -0.4 is 5.32 Å². The second-order valence-corrected chi connectivity index (χ2v) is 3.87. The molecule has 0 aliphatic heterocycles. The van der Waals surface area contributed by atoms with Gasteiger partial charge in [0.15, 0.2) is 0 Å². The molecular formula is C12H15N3O2. The molecule has 17 heavy (non-hydrogen) atoms. The van der Waals surface area contributed by atoms with Crippen molar-refractivity contribution < 1.29 is 9.90 Å². The molecule has 0 radical (unpaired) electrons. The van der Waals surface area contributed by atoms with Crippen LogP contribution in [0.15, 0.2) is 30.7 Å². The number of pyridine rings is 1. The number of nitrogens with zero attached hydrogens (tertiary/aromatic N) is 2. The van der Waals surface area contributed by atoms with E-state index < -0.39 is 0 Å². The zero-order valence-electron chi connectivity index (χ0n) is 9.63. The fourth-order valence-electron chi connectivity index (χ4n) is 1.60. The van der Waals surface area contributed by atoms with Gasteiger partial charge in [0, 0.05) is 18.6 Å². The van der Waals surface area contributed by atoms with Gasteiger partial charge in [-0.2, -0.15) is 0 Å². The number of aliphatic hydroxyl groups is 1. The molecule has 0 aromatic carbocycles. The minimum atomic E-state index is -0.194. The van der Waals surface area contributed by atoms with Crippen LogP contribution in [-0.4, -0.2) is 33.0 Å². The van der Waals surface area contributed by atoms with Gasteiger partial charge in [0.05, 0.1) is 18.2 Å². The van der Waals surface area contributed by atoms with Crippen LogP contribution in [0.4, 0.5) is 0 Å². The SMILES string of the molecule is CC[C@@H](CO)NC(=O)c1ccc2nccn2c1. The summed E-state index contributed by atoms with van der Waals surface area (Å²) in [5, 5.41) is 11.8. The van der Waals surface area contributed by atoms with Gasteiger partial charge in [-0.15, -0.1) is 0 Å². The summed E-state index contributed by atoms with van der Waals surface area (Å²) in [4.78, 5) is 16.0. The maximum absolute atomic E-state index is 11.9. The van der Waals surface area contributed by atoms with E-state index in [9.17, 15) is 4.79 Å². The highest BCUT2D eigenvalue weighted by Gasteiger charge is 2.11. The Morgan fingerprint density at radius 2 is 2.41 bits per heavy atom. The van der Waals surface area contributed by atoms with Crippen LogP contribution in [0.1, 0.15) is 23.7 Å². The van der Waals surface area contributed by atoms with Gasteiger partial charge in [0.25, 0.3) is 5.91 Å². The third kappa shape index (κ3) is 2.45. The molecule has 1 atom stereocenters. The van der Waals surface area contributed by atoms with Gasteiger partial charge >= 0.3 is 0 Å². The molecule has 2 heterocycles. The van der Waals surface area contributed by atoms with Gasteiger partial charge in [-0.25, -0.2) is 4.98 Å². The largest absolute Gasteiger partial charge is 0.394 e. The predicted molar refractivity (Wildman–Crippen MR) is 63.8 cm³/mol. The van der Waals surface area contributed by atoms with E-state index in [1.165, 1.54) is 0 Å². The summed E-state index contributed by atoms with van der Waals surface area (Å²) < 4.78 is 1.79. The van der Waals surface area contributed by atoms with E-state index >= 15 is 0 Å². The molecule has 0 saturated heterocycles. The van der Waals surface area contributed by atoms with Gasteiger partial charge < -0.3 is 14.8 Å². The first-order valence-corrected chi connectivity index (χ1v) is 5.59. The van der Waals surface area contributed by atoms with Crippen molar-refractivity contribution >= 4 is 11.6 Å². The second-order valence-electron chi connectivity index (χ2n) is 3.87. The number of fused-ring (bicyclic) bond motifs is 1. The zero-order chi connectivity index (χ0) is 12.3. The first kappa shape index (κ1) is 11.6. The molecule has 1 amide bonds. The number of amides is 1. The van der Waals surface area contributed by atoms with Crippen molar-refractivity contribution in [2.24, 2.45) is 0 Å². The molecule has 5 nitrogen and oxygen atoms in total. The summed E-state index contributed by atoms with van der Waals surface area (Å²) in [7, 11) is 0. The van der Waals surface area contributed by atoms with E-state index in [-0.39, 0.29) is 18.6 Å². The zero-order valence-corrected chi connectivity index (χ0v) is 9.63. The molecule has 0 saturated carbocycles. The molecule has 2 aromatic rings. The van der Waals surface area contributed by atoms with Crippen molar-refractivity contribution in [2.45, 2.75) is 19.4 Å². The molecule has 2 N–H and O–H groups in total. The molecule has 2 aromatic heterocycles. The molecule has 2 rings (SSSR count). The number of imidazole rings is 1. The van der Waals surface area contributed by atoms with Gasteiger partial charge in [-0.3, -0.25) is 4.79 Å². The maximum Gasteiger partial charge on any atom is 0.253 e. The third-order valence-corrected chi connectivity index (χ3v) is 2.70. The van der Waals surface area contributed by atoms with Crippen molar-refractivity contribution in [3.8, 4) is 0 Å². The lowest BCUT2D eigenvalue weighted by atomic mass is 10.2. The Morgan fingerprint density at radius 3 is 3.12 bits per heavy atom. The number of carbonyl (C=O) groups excluding carboxylic acids is 1. The van der Waals surface area contributed by atoms with Crippen LogP contribution in [0.3, 0.4) is 0 Å². The molecule has 5 heteroatoms. The van der Waals surface area contributed by atoms with E-state index in [1.54, 1.807) is 35.1 Å². The second kappa shape index (κ2) is 4.97. The fraction of sp³-hybridized carbons (Fsp3) is 0.333. The molecule has 0 fully saturated rings. The van der Waals surface area contributed by atoms with E-state index in [0.717, 1.165) is 5.65 Å². The van der Waals surface area contributed by atoms with E-state index in [4.69, 9.17) is 5.11 Å². The Balaban J connectivity index is 2.18. The van der Waals surface area contributed by atoms with E-state index in [0.29, 0.717) is 12.0 Å². The van der Waals surface area contributed by atoms with Crippen LogP contribution in [0.25, 0.3) is 5.65 Å². The van der Waals surface area contributed by atoms with E-state index in [2.05, 4.69) is 10.3 Å². The third-order valence-electron chi connectivity index (χ3n) is 2.70. The number of nitrogens with one attached hydrogen (secondary N) is 1. The molecule has 0 aliphatic rings. The summed E-state index contributed by atoms with van der Waals surface area (Å²) in [6, 6.07) is 3.32. The maximum atomic E-state index is 11.9. The number of hydrogen-bond acceptors (Lipinski definition) is 3. The minimum Gasteiger partial charge on any atom is -0.394 e. The average Bonchev–Trinajstić information content (AvgIpc) is 2.82. The van der Waals surface area contributed by atoms with Crippen LogP contribution in [0, 0.1) is 0 Å². The van der Waals surface area contributed by atoms with Gasteiger partial charge in [-0.05, 0) is 18.6 Å². The number of aromatic nitrogens is 2. The lowest BCUT2D eigenvalue weighted by molar-refractivity contribution is 0.0914. The van der Waals surface area contributed by atoms with Crippen LogP contribution in [0.2, 0.25) is 0 Å². The predicted octanol–water partition coefficient (Wildman–Crippen LogP) is 0.835. The fourth-order valence-corrected chi connectivity index (χ4v) is 1.60. The molecule has 0 bridgehead atoms.